The molecule has 2 atom stereocenters. The SMILES string of the molecule is CC(C=CC(C)OC(C)(C)C)OC(C)(C)C. The molecule has 0 heterocycles. The minimum Gasteiger partial charge on any atom is -0.369 e. The van der Waals surface area contributed by atoms with E-state index in [1.807, 2.05) is 13.8 Å². The van der Waals surface area contributed by atoms with E-state index in [0.29, 0.717) is 0 Å². The molecule has 0 radical (unpaired) electrons. The fraction of sp³-hybridized carbons (Fsp3) is 0.857. The van der Waals surface area contributed by atoms with Gasteiger partial charge in [-0.15, -0.1) is 0 Å². The molecule has 0 aliphatic heterocycles. The van der Waals surface area contributed by atoms with E-state index in [0.717, 1.165) is 0 Å². The van der Waals surface area contributed by atoms with Gasteiger partial charge in [0.2, 0.25) is 0 Å². The van der Waals surface area contributed by atoms with Gasteiger partial charge in [0.25, 0.3) is 0 Å². The molecule has 0 aromatic carbocycles. The van der Waals surface area contributed by atoms with Crippen molar-refractivity contribution in [3.8, 4) is 0 Å². The Morgan fingerprint density at radius 2 is 0.938 bits per heavy atom. The largest absolute Gasteiger partial charge is 0.369 e. The fourth-order valence-electron chi connectivity index (χ4n) is 1.51. The van der Waals surface area contributed by atoms with Crippen LogP contribution < -0.4 is 0 Å². The predicted octanol–water partition coefficient (Wildman–Crippen LogP) is 3.95. The molecular formula is C14H28O2. The van der Waals surface area contributed by atoms with Crippen LogP contribution in [-0.2, 0) is 9.47 Å². The molecule has 0 aliphatic rings. The summed E-state index contributed by atoms with van der Waals surface area (Å²) in [5.74, 6) is 0. The maximum Gasteiger partial charge on any atom is 0.0735 e. The van der Waals surface area contributed by atoms with Gasteiger partial charge in [-0.3, -0.25) is 0 Å². The summed E-state index contributed by atoms with van der Waals surface area (Å²) in [7, 11) is 0. The number of hydrogen-bond donors (Lipinski definition) is 0. The molecule has 0 amide bonds. The summed E-state index contributed by atoms with van der Waals surface area (Å²) in [4.78, 5) is 0. The molecule has 2 nitrogen and oxygen atoms in total. The first-order valence-electron chi connectivity index (χ1n) is 6.03. The predicted molar refractivity (Wildman–Crippen MR) is 69.7 cm³/mol. The minimum absolute atomic E-state index is 0.0993. The van der Waals surface area contributed by atoms with Crippen LogP contribution >= 0.6 is 0 Å². The molecule has 0 rings (SSSR count). The van der Waals surface area contributed by atoms with Crippen LogP contribution in [0.2, 0.25) is 0 Å². The second-order valence-electron chi connectivity index (χ2n) is 6.26. The monoisotopic (exact) mass is 228 g/mol. The Bertz CT molecular complexity index is 194. The maximum atomic E-state index is 5.78. The van der Waals surface area contributed by atoms with Crippen LogP contribution in [0.3, 0.4) is 0 Å². The lowest BCUT2D eigenvalue weighted by Crippen LogP contribution is -2.26. The molecule has 96 valence electrons. The van der Waals surface area contributed by atoms with Gasteiger partial charge in [-0.1, -0.05) is 12.2 Å². The van der Waals surface area contributed by atoms with Crippen molar-refractivity contribution >= 4 is 0 Å². The van der Waals surface area contributed by atoms with Crippen LogP contribution in [-0.4, -0.2) is 23.4 Å². The third-order valence-electron chi connectivity index (χ3n) is 1.73. The average Bonchev–Trinajstić information content (AvgIpc) is 1.94. The Morgan fingerprint density at radius 1 is 0.688 bits per heavy atom. The van der Waals surface area contributed by atoms with Gasteiger partial charge in [0.05, 0.1) is 23.4 Å². The first-order chi connectivity index (χ1) is 6.99. The van der Waals surface area contributed by atoms with E-state index < -0.39 is 0 Å². The molecule has 0 spiro atoms. The smallest absolute Gasteiger partial charge is 0.0735 e. The van der Waals surface area contributed by atoms with Gasteiger partial charge in [-0.25, -0.2) is 0 Å². The summed E-state index contributed by atoms with van der Waals surface area (Å²) in [6.45, 7) is 16.5. The first-order valence-corrected chi connectivity index (χ1v) is 6.03. The van der Waals surface area contributed by atoms with Crippen molar-refractivity contribution in [1.29, 1.82) is 0 Å². The van der Waals surface area contributed by atoms with Crippen molar-refractivity contribution in [2.75, 3.05) is 0 Å². The van der Waals surface area contributed by atoms with Gasteiger partial charge < -0.3 is 9.47 Å². The second kappa shape index (κ2) is 5.83. The number of rotatable bonds is 4. The molecule has 16 heavy (non-hydrogen) atoms. The molecule has 0 N–H and O–H groups in total. The lowest BCUT2D eigenvalue weighted by molar-refractivity contribution is -0.0375. The molecule has 0 aliphatic carbocycles. The topological polar surface area (TPSA) is 18.5 Å². The quantitative estimate of drug-likeness (QED) is 0.678. The van der Waals surface area contributed by atoms with E-state index in [4.69, 9.17) is 9.47 Å². The summed E-state index contributed by atoms with van der Waals surface area (Å²) in [5, 5.41) is 0. The van der Waals surface area contributed by atoms with Crippen LogP contribution in [0, 0.1) is 0 Å². The van der Waals surface area contributed by atoms with Crippen molar-refractivity contribution in [3.63, 3.8) is 0 Å². The fourth-order valence-corrected chi connectivity index (χ4v) is 1.51. The number of hydrogen-bond acceptors (Lipinski definition) is 2. The summed E-state index contributed by atoms with van der Waals surface area (Å²) >= 11 is 0. The average molecular weight is 228 g/mol. The third kappa shape index (κ3) is 10.2. The maximum absolute atomic E-state index is 5.78. The lowest BCUT2D eigenvalue weighted by Gasteiger charge is -2.25. The third-order valence-corrected chi connectivity index (χ3v) is 1.73. The van der Waals surface area contributed by atoms with Gasteiger partial charge in [-0.2, -0.15) is 0 Å². The zero-order valence-corrected chi connectivity index (χ0v) is 12.1. The molecular weight excluding hydrogens is 200 g/mol. The zero-order chi connectivity index (χ0) is 13.0. The van der Waals surface area contributed by atoms with Crippen molar-refractivity contribution < 1.29 is 9.47 Å². The van der Waals surface area contributed by atoms with Crippen LogP contribution in [0.5, 0.6) is 0 Å². The highest BCUT2D eigenvalue weighted by Gasteiger charge is 2.15. The van der Waals surface area contributed by atoms with E-state index in [1.54, 1.807) is 0 Å². The molecule has 0 saturated carbocycles. The van der Waals surface area contributed by atoms with Crippen molar-refractivity contribution in [1.82, 2.24) is 0 Å². The van der Waals surface area contributed by atoms with Crippen molar-refractivity contribution in [3.05, 3.63) is 12.2 Å². The summed E-state index contributed by atoms with van der Waals surface area (Å²) in [5.41, 5.74) is -0.199. The van der Waals surface area contributed by atoms with Crippen LogP contribution in [0.4, 0.5) is 0 Å². The number of ether oxygens (including phenoxy) is 2. The Labute approximate surface area is 101 Å². The molecule has 0 aromatic heterocycles. The van der Waals surface area contributed by atoms with Crippen LogP contribution in [0.1, 0.15) is 55.4 Å². The Balaban J connectivity index is 4.08. The lowest BCUT2D eigenvalue weighted by atomic mass is 10.1. The Hall–Kier alpha value is -0.340. The van der Waals surface area contributed by atoms with Crippen LogP contribution in [0.15, 0.2) is 12.2 Å². The summed E-state index contributed by atoms with van der Waals surface area (Å²) < 4.78 is 11.6. The second-order valence-corrected chi connectivity index (χ2v) is 6.26. The molecule has 0 saturated heterocycles. The van der Waals surface area contributed by atoms with Crippen LogP contribution in [0.25, 0.3) is 0 Å². The highest BCUT2D eigenvalue weighted by Crippen LogP contribution is 2.14. The molecule has 0 aromatic rings. The molecule has 2 heteroatoms. The standard InChI is InChI=1S/C14H28O2/c1-11(15-13(3,4)5)9-10-12(2)16-14(6,7)8/h9-12H,1-8H3. The van der Waals surface area contributed by atoms with Gasteiger partial charge in [-0.05, 0) is 55.4 Å². The minimum atomic E-state index is -0.0993. The van der Waals surface area contributed by atoms with Gasteiger partial charge >= 0.3 is 0 Å². The van der Waals surface area contributed by atoms with E-state index in [2.05, 4.69) is 53.7 Å². The molecule has 0 bridgehead atoms. The normalized spacial score (nSPS) is 17.8. The summed E-state index contributed by atoms with van der Waals surface area (Å²) in [6.07, 6.45) is 4.35. The zero-order valence-electron chi connectivity index (χ0n) is 12.1. The van der Waals surface area contributed by atoms with Crippen molar-refractivity contribution in [2.45, 2.75) is 78.8 Å². The first kappa shape index (κ1) is 15.7. The van der Waals surface area contributed by atoms with E-state index in [-0.39, 0.29) is 23.4 Å². The Morgan fingerprint density at radius 3 is 1.12 bits per heavy atom. The Kier molecular flexibility index (Phi) is 5.71. The van der Waals surface area contributed by atoms with E-state index in [1.165, 1.54) is 0 Å². The van der Waals surface area contributed by atoms with Gasteiger partial charge in [0, 0.05) is 0 Å². The molecule has 0 fully saturated rings. The van der Waals surface area contributed by atoms with Gasteiger partial charge in [0.1, 0.15) is 0 Å². The van der Waals surface area contributed by atoms with E-state index >= 15 is 0 Å². The van der Waals surface area contributed by atoms with Gasteiger partial charge in [0.15, 0.2) is 0 Å². The van der Waals surface area contributed by atoms with Crippen molar-refractivity contribution in [2.24, 2.45) is 0 Å². The summed E-state index contributed by atoms with van der Waals surface area (Å²) in [6, 6.07) is 0. The highest BCUT2D eigenvalue weighted by atomic mass is 16.5. The molecule has 2 unspecified atom stereocenters. The highest BCUT2D eigenvalue weighted by molar-refractivity contribution is 4.93. The van der Waals surface area contributed by atoms with E-state index in [9.17, 15) is 0 Å².